The highest BCUT2D eigenvalue weighted by molar-refractivity contribution is 5.45. The molecular formula is C15H22F3NO2. The van der Waals surface area contributed by atoms with Crippen molar-refractivity contribution in [1.82, 2.24) is 0 Å². The lowest BCUT2D eigenvalue weighted by molar-refractivity contribution is -0.00445. The second-order valence-corrected chi connectivity index (χ2v) is 5.56. The Hall–Kier alpha value is -1.27. The fourth-order valence-corrected chi connectivity index (χ4v) is 1.98. The third-order valence-electron chi connectivity index (χ3n) is 2.90. The average Bonchev–Trinajstić information content (AvgIpc) is 2.38. The van der Waals surface area contributed by atoms with Gasteiger partial charge in [0.15, 0.2) is 11.6 Å². The monoisotopic (exact) mass is 305 g/mol. The van der Waals surface area contributed by atoms with Crippen LogP contribution >= 0.6 is 0 Å². The Balaban J connectivity index is 2.41. The van der Waals surface area contributed by atoms with E-state index in [9.17, 15) is 18.3 Å². The third kappa shape index (κ3) is 6.35. The van der Waals surface area contributed by atoms with E-state index in [0.717, 1.165) is 12.5 Å². The maximum atomic E-state index is 13.4. The fourth-order valence-electron chi connectivity index (χ4n) is 1.98. The van der Waals surface area contributed by atoms with Crippen LogP contribution in [0.25, 0.3) is 0 Å². The van der Waals surface area contributed by atoms with Gasteiger partial charge in [-0.2, -0.15) is 0 Å². The maximum absolute atomic E-state index is 13.4. The van der Waals surface area contributed by atoms with Gasteiger partial charge in [0.25, 0.3) is 0 Å². The van der Waals surface area contributed by atoms with Gasteiger partial charge in [0.05, 0.1) is 24.5 Å². The van der Waals surface area contributed by atoms with Crippen LogP contribution in [-0.2, 0) is 4.74 Å². The standard InChI is InChI=1S/C15H22F3NO2/c1-9(2)4-10(3)21-8-12(20)7-19-14-6-11(16)5-13(17)15(14)18/h5-6,9-10,12,19-20H,4,7-8H2,1-3H3. The molecule has 2 atom stereocenters. The van der Waals surface area contributed by atoms with Crippen LogP contribution in [0.15, 0.2) is 12.1 Å². The molecule has 0 saturated heterocycles. The Morgan fingerprint density at radius 3 is 2.48 bits per heavy atom. The molecule has 0 aromatic heterocycles. The van der Waals surface area contributed by atoms with Crippen LogP contribution in [0, 0.1) is 23.4 Å². The van der Waals surface area contributed by atoms with Crippen molar-refractivity contribution in [2.45, 2.75) is 39.4 Å². The van der Waals surface area contributed by atoms with Crippen LogP contribution in [0.3, 0.4) is 0 Å². The molecule has 0 aliphatic heterocycles. The van der Waals surface area contributed by atoms with Gasteiger partial charge in [-0.3, -0.25) is 0 Å². The zero-order chi connectivity index (χ0) is 16.0. The molecule has 0 bridgehead atoms. The van der Waals surface area contributed by atoms with E-state index in [4.69, 9.17) is 4.74 Å². The minimum absolute atomic E-state index is 0.00278. The third-order valence-corrected chi connectivity index (χ3v) is 2.90. The van der Waals surface area contributed by atoms with E-state index in [2.05, 4.69) is 19.2 Å². The van der Waals surface area contributed by atoms with E-state index in [0.29, 0.717) is 12.0 Å². The second kappa shape index (κ2) is 8.24. The van der Waals surface area contributed by atoms with Gasteiger partial charge >= 0.3 is 0 Å². The molecular weight excluding hydrogens is 283 g/mol. The van der Waals surface area contributed by atoms with Gasteiger partial charge in [-0.25, -0.2) is 13.2 Å². The molecule has 6 heteroatoms. The predicted octanol–water partition coefficient (Wildman–Crippen LogP) is 3.33. The van der Waals surface area contributed by atoms with Crippen molar-refractivity contribution in [2.75, 3.05) is 18.5 Å². The summed E-state index contributed by atoms with van der Waals surface area (Å²) in [6.07, 6.45) is -0.0301. The number of halogens is 3. The van der Waals surface area contributed by atoms with Gasteiger partial charge in [0.1, 0.15) is 5.82 Å². The summed E-state index contributed by atoms with van der Waals surface area (Å²) in [5, 5.41) is 12.2. The predicted molar refractivity (Wildman–Crippen MR) is 75.7 cm³/mol. The maximum Gasteiger partial charge on any atom is 0.182 e. The number of anilines is 1. The molecule has 2 unspecified atom stereocenters. The van der Waals surface area contributed by atoms with Gasteiger partial charge < -0.3 is 15.2 Å². The summed E-state index contributed by atoms with van der Waals surface area (Å²) in [7, 11) is 0. The van der Waals surface area contributed by atoms with Gasteiger partial charge in [0, 0.05) is 18.7 Å². The fraction of sp³-hybridized carbons (Fsp3) is 0.600. The Morgan fingerprint density at radius 2 is 1.86 bits per heavy atom. The van der Waals surface area contributed by atoms with Crippen LogP contribution in [0.2, 0.25) is 0 Å². The minimum Gasteiger partial charge on any atom is -0.389 e. The Morgan fingerprint density at radius 1 is 1.19 bits per heavy atom. The van der Waals surface area contributed by atoms with Gasteiger partial charge in [-0.1, -0.05) is 13.8 Å². The summed E-state index contributed by atoms with van der Waals surface area (Å²) < 4.78 is 44.8. The molecule has 1 rings (SSSR count). The molecule has 3 nitrogen and oxygen atoms in total. The molecule has 120 valence electrons. The topological polar surface area (TPSA) is 41.5 Å². The van der Waals surface area contributed by atoms with E-state index < -0.39 is 23.6 Å². The highest BCUT2D eigenvalue weighted by Crippen LogP contribution is 2.19. The van der Waals surface area contributed by atoms with E-state index in [1.807, 2.05) is 6.92 Å². The van der Waals surface area contributed by atoms with Crippen LogP contribution in [0.1, 0.15) is 27.2 Å². The van der Waals surface area contributed by atoms with Crippen molar-refractivity contribution < 1.29 is 23.0 Å². The molecule has 1 aromatic rings. The number of ether oxygens (including phenoxy) is 1. The van der Waals surface area contributed by atoms with Gasteiger partial charge in [0.2, 0.25) is 0 Å². The highest BCUT2D eigenvalue weighted by Gasteiger charge is 2.13. The Bertz CT molecular complexity index is 455. The van der Waals surface area contributed by atoms with Crippen molar-refractivity contribution >= 4 is 5.69 Å². The SMILES string of the molecule is CC(C)CC(C)OCC(O)CNc1cc(F)cc(F)c1F. The van der Waals surface area contributed by atoms with Gasteiger partial charge in [-0.15, -0.1) is 0 Å². The molecule has 0 heterocycles. The zero-order valence-corrected chi connectivity index (χ0v) is 12.5. The number of rotatable bonds is 8. The first kappa shape index (κ1) is 17.8. The van der Waals surface area contributed by atoms with Crippen molar-refractivity contribution in [3.63, 3.8) is 0 Å². The number of nitrogens with one attached hydrogen (secondary N) is 1. The van der Waals surface area contributed by atoms with Crippen molar-refractivity contribution in [3.8, 4) is 0 Å². The first-order valence-corrected chi connectivity index (χ1v) is 6.97. The number of aliphatic hydroxyl groups excluding tert-OH is 1. The highest BCUT2D eigenvalue weighted by atomic mass is 19.2. The lowest BCUT2D eigenvalue weighted by Crippen LogP contribution is -2.27. The van der Waals surface area contributed by atoms with Gasteiger partial charge in [-0.05, 0) is 19.3 Å². The van der Waals surface area contributed by atoms with Crippen molar-refractivity contribution in [3.05, 3.63) is 29.6 Å². The molecule has 2 N–H and O–H groups in total. The number of hydrogen-bond donors (Lipinski definition) is 2. The Labute approximate surface area is 123 Å². The molecule has 0 saturated carbocycles. The lowest BCUT2D eigenvalue weighted by Gasteiger charge is -2.18. The minimum atomic E-state index is -1.27. The van der Waals surface area contributed by atoms with E-state index in [-0.39, 0.29) is 24.9 Å². The molecule has 21 heavy (non-hydrogen) atoms. The van der Waals surface area contributed by atoms with E-state index >= 15 is 0 Å². The van der Waals surface area contributed by atoms with Crippen LogP contribution in [0.4, 0.5) is 18.9 Å². The average molecular weight is 305 g/mol. The summed E-state index contributed by atoms with van der Waals surface area (Å²) in [4.78, 5) is 0. The number of benzene rings is 1. The zero-order valence-electron chi connectivity index (χ0n) is 12.5. The smallest absolute Gasteiger partial charge is 0.182 e. The summed E-state index contributed by atoms with van der Waals surface area (Å²) in [5.74, 6) is -2.83. The summed E-state index contributed by atoms with van der Waals surface area (Å²) in [5.41, 5.74) is -0.318. The molecule has 0 aliphatic rings. The van der Waals surface area contributed by atoms with E-state index in [1.165, 1.54) is 0 Å². The largest absolute Gasteiger partial charge is 0.389 e. The van der Waals surface area contributed by atoms with Crippen LogP contribution in [-0.4, -0.2) is 30.5 Å². The second-order valence-electron chi connectivity index (χ2n) is 5.56. The van der Waals surface area contributed by atoms with Crippen molar-refractivity contribution in [2.24, 2.45) is 5.92 Å². The molecule has 0 fully saturated rings. The van der Waals surface area contributed by atoms with Crippen LogP contribution < -0.4 is 5.32 Å². The number of hydrogen-bond acceptors (Lipinski definition) is 3. The first-order valence-electron chi connectivity index (χ1n) is 6.97. The lowest BCUT2D eigenvalue weighted by atomic mass is 10.1. The molecule has 0 aliphatic carbocycles. The van der Waals surface area contributed by atoms with Crippen LogP contribution in [0.5, 0.6) is 0 Å². The molecule has 0 spiro atoms. The quantitative estimate of drug-likeness (QED) is 0.724. The number of aliphatic hydroxyl groups is 1. The summed E-state index contributed by atoms with van der Waals surface area (Å²) in [6, 6.07) is 1.31. The summed E-state index contributed by atoms with van der Waals surface area (Å²) in [6.45, 7) is 6.05. The van der Waals surface area contributed by atoms with Crippen molar-refractivity contribution in [1.29, 1.82) is 0 Å². The first-order chi connectivity index (χ1) is 9.79. The molecule has 0 amide bonds. The van der Waals surface area contributed by atoms with E-state index in [1.54, 1.807) is 0 Å². The summed E-state index contributed by atoms with van der Waals surface area (Å²) >= 11 is 0. The Kier molecular flexibility index (Phi) is 6.98. The molecule has 0 radical (unpaired) electrons. The molecule has 1 aromatic carbocycles. The normalized spacial score (nSPS) is 14.3.